The second-order valence-corrected chi connectivity index (χ2v) is 5.74. The van der Waals surface area contributed by atoms with Crippen LogP contribution in [-0.2, 0) is 6.54 Å². The molecule has 3 nitrogen and oxygen atoms in total. The number of hydrogen-bond acceptors (Lipinski definition) is 3. The summed E-state index contributed by atoms with van der Waals surface area (Å²) in [7, 11) is 2.02. The number of benzene rings is 2. The van der Waals surface area contributed by atoms with Gasteiger partial charge >= 0.3 is 0 Å². The Labute approximate surface area is 131 Å². The number of nitrogens with zero attached hydrogens (tertiary/aromatic N) is 1. The Morgan fingerprint density at radius 2 is 1.90 bits per heavy atom. The molecule has 0 aliphatic heterocycles. The molecule has 2 rings (SSSR count). The van der Waals surface area contributed by atoms with Crippen LogP contribution in [0.15, 0.2) is 42.5 Å². The van der Waals surface area contributed by atoms with Gasteiger partial charge in [0, 0.05) is 30.4 Å². The number of rotatable bonds is 5. The Bertz CT molecular complexity index is 613. The van der Waals surface area contributed by atoms with Crippen molar-refractivity contribution in [1.29, 1.82) is 0 Å². The molecule has 0 spiro atoms. The van der Waals surface area contributed by atoms with Crippen LogP contribution in [0.5, 0.6) is 5.75 Å². The quantitative estimate of drug-likeness (QED) is 0.835. The Balaban J connectivity index is 2.19. The zero-order valence-corrected chi connectivity index (χ0v) is 13.4. The zero-order valence-electron chi connectivity index (χ0n) is 12.6. The average Bonchev–Trinajstić information content (AvgIpc) is 2.43. The van der Waals surface area contributed by atoms with E-state index >= 15 is 0 Å². The summed E-state index contributed by atoms with van der Waals surface area (Å²) in [6, 6.07) is 13.7. The van der Waals surface area contributed by atoms with Crippen LogP contribution in [0.1, 0.15) is 19.4 Å². The second kappa shape index (κ2) is 6.72. The number of nitrogens with two attached hydrogens (primary N) is 1. The molecule has 0 fully saturated rings. The highest BCUT2D eigenvalue weighted by Crippen LogP contribution is 2.29. The van der Waals surface area contributed by atoms with E-state index in [2.05, 4.69) is 4.90 Å². The normalized spacial score (nSPS) is 10.7. The minimum Gasteiger partial charge on any atom is -0.489 e. The van der Waals surface area contributed by atoms with Gasteiger partial charge in [0.15, 0.2) is 0 Å². The maximum Gasteiger partial charge on any atom is 0.144 e. The van der Waals surface area contributed by atoms with Gasteiger partial charge in [0.25, 0.3) is 0 Å². The van der Waals surface area contributed by atoms with E-state index in [1.54, 1.807) is 0 Å². The first-order valence-corrected chi connectivity index (χ1v) is 7.36. The van der Waals surface area contributed by atoms with E-state index in [0.717, 1.165) is 22.8 Å². The van der Waals surface area contributed by atoms with Crippen molar-refractivity contribution in [3.8, 4) is 5.75 Å². The first-order valence-electron chi connectivity index (χ1n) is 6.98. The summed E-state index contributed by atoms with van der Waals surface area (Å²) in [6.07, 6.45) is 0.0939. The molecule has 0 aliphatic rings. The van der Waals surface area contributed by atoms with E-state index < -0.39 is 0 Å². The molecule has 0 saturated heterocycles. The van der Waals surface area contributed by atoms with Crippen molar-refractivity contribution in [2.45, 2.75) is 26.5 Å². The Morgan fingerprint density at radius 1 is 1.19 bits per heavy atom. The topological polar surface area (TPSA) is 38.5 Å². The molecule has 2 aromatic rings. The van der Waals surface area contributed by atoms with Crippen LogP contribution in [0.3, 0.4) is 0 Å². The van der Waals surface area contributed by atoms with Crippen molar-refractivity contribution >= 4 is 23.0 Å². The lowest BCUT2D eigenvalue weighted by Crippen LogP contribution is -2.17. The lowest BCUT2D eigenvalue weighted by atomic mass is 10.2. The molecule has 0 unspecified atom stereocenters. The molecule has 0 atom stereocenters. The second-order valence-electron chi connectivity index (χ2n) is 5.34. The van der Waals surface area contributed by atoms with Gasteiger partial charge < -0.3 is 15.4 Å². The summed E-state index contributed by atoms with van der Waals surface area (Å²) < 4.78 is 5.73. The third-order valence-corrected chi connectivity index (χ3v) is 3.53. The van der Waals surface area contributed by atoms with Crippen molar-refractivity contribution in [2.75, 3.05) is 17.7 Å². The van der Waals surface area contributed by atoms with Crippen LogP contribution >= 0.6 is 11.6 Å². The van der Waals surface area contributed by atoms with Crippen molar-refractivity contribution in [3.05, 3.63) is 53.1 Å². The van der Waals surface area contributed by atoms with Crippen LogP contribution in [-0.4, -0.2) is 13.2 Å². The zero-order chi connectivity index (χ0) is 15.4. The minimum absolute atomic E-state index is 0.0939. The Hall–Kier alpha value is -1.87. The summed E-state index contributed by atoms with van der Waals surface area (Å²) in [5.41, 5.74) is 8.73. The molecule has 0 heterocycles. The lowest BCUT2D eigenvalue weighted by Gasteiger charge is -2.22. The summed E-state index contributed by atoms with van der Waals surface area (Å²) in [6.45, 7) is 4.70. The van der Waals surface area contributed by atoms with Gasteiger partial charge in [-0.05, 0) is 37.6 Å². The van der Waals surface area contributed by atoms with Crippen molar-refractivity contribution in [1.82, 2.24) is 0 Å². The molecule has 0 radical (unpaired) electrons. The van der Waals surface area contributed by atoms with Gasteiger partial charge in [-0.3, -0.25) is 0 Å². The van der Waals surface area contributed by atoms with E-state index in [-0.39, 0.29) is 6.10 Å². The molecule has 2 aromatic carbocycles. The molecule has 0 amide bonds. The van der Waals surface area contributed by atoms with Crippen LogP contribution in [0, 0.1) is 0 Å². The number of ether oxygens (including phenoxy) is 1. The van der Waals surface area contributed by atoms with Gasteiger partial charge in [0.2, 0.25) is 0 Å². The molecule has 2 N–H and O–H groups in total. The first-order chi connectivity index (χ1) is 9.97. The predicted octanol–water partition coefficient (Wildman–Crippen LogP) is 4.35. The lowest BCUT2D eigenvalue weighted by molar-refractivity contribution is 0.244. The monoisotopic (exact) mass is 304 g/mol. The number of anilines is 2. The fourth-order valence-electron chi connectivity index (χ4n) is 2.09. The van der Waals surface area contributed by atoms with Gasteiger partial charge in [-0.25, -0.2) is 0 Å². The Kier molecular flexibility index (Phi) is 4.97. The first kappa shape index (κ1) is 15.5. The summed E-state index contributed by atoms with van der Waals surface area (Å²) in [4.78, 5) is 2.12. The maximum absolute atomic E-state index is 6.21. The minimum atomic E-state index is 0.0939. The van der Waals surface area contributed by atoms with E-state index in [4.69, 9.17) is 22.1 Å². The fraction of sp³-hybridized carbons (Fsp3) is 0.294. The SMILES string of the molecule is CC(C)Oc1cc(N(C)Cc2ccccc2Cl)ccc1N. The van der Waals surface area contributed by atoms with E-state index in [1.807, 2.05) is 63.4 Å². The van der Waals surface area contributed by atoms with Crippen LogP contribution in [0.4, 0.5) is 11.4 Å². The fourth-order valence-corrected chi connectivity index (χ4v) is 2.29. The van der Waals surface area contributed by atoms with Crippen molar-refractivity contribution in [3.63, 3.8) is 0 Å². The maximum atomic E-state index is 6.21. The number of nitrogen functional groups attached to an aromatic ring is 1. The van der Waals surface area contributed by atoms with Gasteiger partial charge in [-0.1, -0.05) is 29.8 Å². The van der Waals surface area contributed by atoms with E-state index in [0.29, 0.717) is 11.4 Å². The van der Waals surface area contributed by atoms with Crippen LogP contribution in [0.2, 0.25) is 5.02 Å². The highest BCUT2D eigenvalue weighted by atomic mass is 35.5. The predicted molar refractivity (Wildman–Crippen MR) is 90.2 cm³/mol. The van der Waals surface area contributed by atoms with Gasteiger partial charge in [0.05, 0.1) is 11.8 Å². The van der Waals surface area contributed by atoms with Crippen molar-refractivity contribution < 1.29 is 4.74 Å². The van der Waals surface area contributed by atoms with Crippen LogP contribution < -0.4 is 15.4 Å². The summed E-state index contributed by atoms with van der Waals surface area (Å²) in [5.74, 6) is 0.716. The van der Waals surface area contributed by atoms with Crippen molar-refractivity contribution in [2.24, 2.45) is 0 Å². The number of hydrogen-bond donors (Lipinski definition) is 1. The molecule has 0 saturated carbocycles. The third-order valence-electron chi connectivity index (χ3n) is 3.17. The molecular weight excluding hydrogens is 284 g/mol. The summed E-state index contributed by atoms with van der Waals surface area (Å²) >= 11 is 6.21. The molecule has 0 bridgehead atoms. The van der Waals surface area contributed by atoms with Gasteiger partial charge in [-0.15, -0.1) is 0 Å². The molecule has 0 aliphatic carbocycles. The average molecular weight is 305 g/mol. The molecule has 21 heavy (non-hydrogen) atoms. The molecule has 0 aromatic heterocycles. The van der Waals surface area contributed by atoms with Gasteiger partial charge in [-0.2, -0.15) is 0 Å². The van der Waals surface area contributed by atoms with E-state index in [1.165, 1.54) is 0 Å². The highest BCUT2D eigenvalue weighted by molar-refractivity contribution is 6.31. The number of halogens is 1. The highest BCUT2D eigenvalue weighted by Gasteiger charge is 2.09. The molecule has 112 valence electrons. The molecular formula is C17H21ClN2O. The van der Waals surface area contributed by atoms with E-state index in [9.17, 15) is 0 Å². The largest absolute Gasteiger partial charge is 0.489 e. The van der Waals surface area contributed by atoms with Crippen LogP contribution in [0.25, 0.3) is 0 Å². The Morgan fingerprint density at radius 3 is 2.57 bits per heavy atom. The summed E-state index contributed by atoms with van der Waals surface area (Å²) in [5, 5.41) is 0.776. The standard InChI is InChI=1S/C17H21ClN2O/c1-12(2)21-17-10-14(8-9-16(17)19)20(3)11-13-6-4-5-7-15(13)18/h4-10,12H,11,19H2,1-3H3. The smallest absolute Gasteiger partial charge is 0.144 e. The van der Waals surface area contributed by atoms with Gasteiger partial charge in [0.1, 0.15) is 5.75 Å². The third kappa shape index (κ3) is 4.05. The molecule has 4 heteroatoms.